The van der Waals surface area contributed by atoms with E-state index in [-0.39, 0.29) is 6.29 Å². The van der Waals surface area contributed by atoms with Crippen molar-refractivity contribution in [3.8, 4) is 0 Å². The zero-order chi connectivity index (χ0) is 15.2. The van der Waals surface area contributed by atoms with E-state index < -0.39 is 14.0 Å². The van der Waals surface area contributed by atoms with Crippen LogP contribution >= 0.6 is 0 Å². The SMILES string of the molecule is CCC(OC(CC)[Si](C)(C)C)OC1(CC)OCCCO1. The molecular formula is C15H32O4Si. The van der Waals surface area contributed by atoms with Crippen LogP contribution in [-0.4, -0.2) is 39.3 Å². The van der Waals surface area contributed by atoms with E-state index >= 15 is 0 Å². The molecule has 0 bridgehead atoms. The summed E-state index contributed by atoms with van der Waals surface area (Å²) < 4.78 is 23.8. The van der Waals surface area contributed by atoms with Gasteiger partial charge in [-0.3, -0.25) is 4.74 Å². The Kier molecular flexibility index (Phi) is 7.15. The van der Waals surface area contributed by atoms with Crippen molar-refractivity contribution < 1.29 is 18.9 Å². The highest BCUT2D eigenvalue weighted by Gasteiger charge is 2.38. The summed E-state index contributed by atoms with van der Waals surface area (Å²) in [5.41, 5.74) is 0.296. The molecule has 0 aromatic rings. The van der Waals surface area contributed by atoms with E-state index in [1.165, 1.54) is 0 Å². The van der Waals surface area contributed by atoms with Gasteiger partial charge in [-0.1, -0.05) is 40.4 Å². The van der Waals surface area contributed by atoms with Gasteiger partial charge in [-0.05, 0) is 19.3 Å². The van der Waals surface area contributed by atoms with E-state index in [1.807, 2.05) is 6.92 Å². The molecule has 0 aliphatic carbocycles. The van der Waals surface area contributed by atoms with Crippen LogP contribution < -0.4 is 0 Å². The Morgan fingerprint density at radius 1 is 1.05 bits per heavy atom. The summed E-state index contributed by atoms with van der Waals surface area (Å²) in [4.78, 5) is 0. The quantitative estimate of drug-likeness (QED) is 0.503. The molecule has 20 heavy (non-hydrogen) atoms. The molecule has 0 aromatic heterocycles. The lowest BCUT2D eigenvalue weighted by molar-refractivity contribution is -0.435. The van der Waals surface area contributed by atoms with Crippen LogP contribution in [0.3, 0.4) is 0 Å². The second-order valence-corrected chi connectivity index (χ2v) is 11.8. The molecule has 1 saturated heterocycles. The molecule has 1 aliphatic rings. The normalized spacial score (nSPS) is 22.5. The van der Waals surface area contributed by atoms with Gasteiger partial charge in [0.05, 0.1) is 27.0 Å². The van der Waals surface area contributed by atoms with Gasteiger partial charge in [0.25, 0.3) is 5.97 Å². The molecule has 5 heteroatoms. The molecule has 1 aliphatic heterocycles. The number of hydrogen-bond acceptors (Lipinski definition) is 4. The monoisotopic (exact) mass is 304 g/mol. The number of hydrogen-bond donors (Lipinski definition) is 0. The van der Waals surface area contributed by atoms with Crippen molar-refractivity contribution in [3.63, 3.8) is 0 Å². The minimum absolute atomic E-state index is 0.260. The molecule has 1 rings (SSSR count). The molecule has 0 amide bonds. The van der Waals surface area contributed by atoms with Crippen molar-refractivity contribution in [2.75, 3.05) is 13.2 Å². The van der Waals surface area contributed by atoms with E-state index in [9.17, 15) is 0 Å². The summed E-state index contributed by atoms with van der Waals surface area (Å²) in [5, 5.41) is 0. The molecule has 1 heterocycles. The highest BCUT2D eigenvalue weighted by molar-refractivity contribution is 6.77. The molecule has 0 spiro atoms. The van der Waals surface area contributed by atoms with Gasteiger partial charge in [0.15, 0.2) is 6.29 Å². The third kappa shape index (κ3) is 5.11. The fraction of sp³-hybridized carbons (Fsp3) is 1.00. The molecule has 0 saturated carbocycles. The highest BCUT2D eigenvalue weighted by atomic mass is 28.3. The van der Waals surface area contributed by atoms with Crippen molar-refractivity contribution in [2.24, 2.45) is 0 Å². The predicted octanol–water partition coefficient (Wildman–Crippen LogP) is 3.91. The standard InChI is InChI=1S/C15H32O4Si/c1-7-13(18-14(8-2)20(4,5)6)19-15(9-3)16-11-10-12-17-15/h13-14H,7-12H2,1-6H3. The minimum Gasteiger partial charge on any atom is -0.353 e. The second kappa shape index (κ2) is 7.89. The molecular weight excluding hydrogens is 272 g/mol. The minimum atomic E-state index is -1.35. The Balaban J connectivity index is 2.65. The third-order valence-electron chi connectivity index (χ3n) is 3.66. The molecule has 0 N–H and O–H groups in total. The first-order valence-electron chi connectivity index (χ1n) is 7.98. The third-order valence-corrected chi connectivity index (χ3v) is 6.14. The van der Waals surface area contributed by atoms with Crippen LogP contribution in [0.5, 0.6) is 0 Å². The fourth-order valence-electron chi connectivity index (χ4n) is 2.41. The van der Waals surface area contributed by atoms with E-state index in [1.54, 1.807) is 0 Å². The van der Waals surface area contributed by atoms with Crippen LogP contribution in [0.4, 0.5) is 0 Å². The maximum absolute atomic E-state index is 6.22. The van der Waals surface area contributed by atoms with Crippen LogP contribution in [-0.2, 0) is 18.9 Å². The van der Waals surface area contributed by atoms with Crippen molar-refractivity contribution in [3.05, 3.63) is 0 Å². The van der Waals surface area contributed by atoms with Crippen molar-refractivity contribution in [1.82, 2.24) is 0 Å². The average Bonchev–Trinajstić information content (AvgIpc) is 2.43. The van der Waals surface area contributed by atoms with E-state index in [0.717, 1.165) is 19.3 Å². The molecule has 2 atom stereocenters. The van der Waals surface area contributed by atoms with Crippen LogP contribution in [0.15, 0.2) is 0 Å². The maximum Gasteiger partial charge on any atom is 0.284 e. The molecule has 0 aromatic carbocycles. The Morgan fingerprint density at radius 3 is 2.05 bits per heavy atom. The lowest BCUT2D eigenvalue weighted by atomic mass is 10.3. The lowest BCUT2D eigenvalue weighted by Gasteiger charge is -2.40. The van der Waals surface area contributed by atoms with Gasteiger partial charge in [-0.2, -0.15) is 0 Å². The maximum atomic E-state index is 6.22. The lowest BCUT2D eigenvalue weighted by Crippen LogP contribution is -2.48. The summed E-state index contributed by atoms with van der Waals surface area (Å²) in [6, 6.07) is 0. The summed E-state index contributed by atoms with van der Waals surface area (Å²) in [6.45, 7) is 14.6. The molecule has 0 radical (unpaired) electrons. The van der Waals surface area contributed by atoms with Crippen LogP contribution in [0.25, 0.3) is 0 Å². The first kappa shape index (κ1) is 18.1. The first-order chi connectivity index (χ1) is 9.37. The average molecular weight is 305 g/mol. The smallest absolute Gasteiger partial charge is 0.284 e. The Morgan fingerprint density at radius 2 is 1.65 bits per heavy atom. The molecule has 4 nitrogen and oxygen atoms in total. The van der Waals surface area contributed by atoms with E-state index in [4.69, 9.17) is 18.9 Å². The van der Waals surface area contributed by atoms with Crippen molar-refractivity contribution in [1.29, 1.82) is 0 Å². The zero-order valence-electron chi connectivity index (χ0n) is 14.0. The summed E-state index contributed by atoms with van der Waals surface area (Å²) >= 11 is 0. The van der Waals surface area contributed by atoms with Crippen LogP contribution in [0.2, 0.25) is 19.6 Å². The predicted molar refractivity (Wildman–Crippen MR) is 83.2 cm³/mol. The molecule has 120 valence electrons. The Hall–Kier alpha value is 0.0569. The largest absolute Gasteiger partial charge is 0.353 e. The molecule has 2 unspecified atom stereocenters. The van der Waals surface area contributed by atoms with E-state index in [2.05, 4.69) is 33.5 Å². The zero-order valence-corrected chi connectivity index (χ0v) is 15.0. The van der Waals surface area contributed by atoms with Gasteiger partial charge in [-0.25, -0.2) is 0 Å². The van der Waals surface area contributed by atoms with Crippen molar-refractivity contribution >= 4 is 8.07 Å². The van der Waals surface area contributed by atoms with Gasteiger partial charge < -0.3 is 14.2 Å². The van der Waals surface area contributed by atoms with Gasteiger partial charge in [0.1, 0.15) is 0 Å². The first-order valence-corrected chi connectivity index (χ1v) is 11.6. The van der Waals surface area contributed by atoms with Gasteiger partial charge in [0.2, 0.25) is 0 Å². The van der Waals surface area contributed by atoms with Gasteiger partial charge in [-0.15, -0.1) is 0 Å². The van der Waals surface area contributed by atoms with E-state index in [0.29, 0.717) is 25.4 Å². The number of rotatable bonds is 8. The Bertz CT molecular complexity index is 272. The van der Waals surface area contributed by atoms with Crippen LogP contribution in [0, 0.1) is 0 Å². The summed E-state index contributed by atoms with van der Waals surface area (Å²) in [5.74, 6) is -0.906. The van der Waals surface area contributed by atoms with Gasteiger partial charge in [0, 0.05) is 6.42 Å². The molecule has 1 fully saturated rings. The topological polar surface area (TPSA) is 36.9 Å². The van der Waals surface area contributed by atoms with Gasteiger partial charge >= 0.3 is 0 Å². The second-order valence-electron chi connectivity index (χ2n) is 6.44. The summed E-state index contributed by atoms with van der Waals surface area (Å²) in [7, 11) is -1.35. The van der Waals surface area contributed by atoms with Crippen molar-refractivity contribution in [2.45, 2.75) is 84.1 Å². The number of ether oxygens (including phenoxy) is 4. The highest BCUT2D eigenvalue weighted by Crippen LogP contribution is 2.28. The Labute approximate surface area is 125 Å². The fourth-order valence-corrected chi connectivity index (χ4v) is 4.20. The summed E-state index contributed by atoms with van der Waals surface area (Å²) in [6.07, 6.45) is 3.17. The van der Waals surface area contributed by atoms with Crippen LogP contribution in [0.1, 0.15) is 46.5 Å².